The molecule has 2 aliphatic rings. The number of amides is 1. The summed E-state index contributed by atoms with van der Waals surface area (Å²) in [5.74, 6) is 2.72. The molecule has 3 rings (SSSR count). The Morgan fingerprint density at radius 3 is 2.31 bits per heavy atom. The Morgan fingerprint density at radius 2 is 1.72 bits per heavy atom. The molecule has 0 radical (unpaired) electrons. The van der Waals surface area contributed by atoms with Crippen molar-refractivity contribution in [2.45, 2.75) is 70.5 Å². The third-order valence-electron chi connectivity index (χ3n) is 6.08. The molecule has 1 aromatic heterocycles. The van der Waals surface area contributed by atoms with Gasteiger partial charge in [-0.15, -0.1) is 10.2 Å². The van der Waals surface area contributed by atoms with Crippen LogP contribution in [-0.4, -0.2) is 70.3 Å². The maximum Gasteiger partial charge on any atom is 0.233 e. The highest BCUT2D eigenvalue weighted by Crippen LogP contribution is 2.17. The van der Waals surface area contributed by atoms with Crippen molar-refractivity contribution in [3.63, 3.8) is 0 Å². The smallest absolute Gasteiger partial charge is 0.233 e. The SMILES string of the molecule is CNC(=O)CN1CCC(NC(=NCc2nnc(C)n2C)NC2CCCCC2)CC1. The van der Waals surface area contributed by atoms with Gasteiger partial charge in [0, 0.05) is 39.3 Å². The van der Waals surface area contributed by atoms with E-state index >= 15 is 0 Å². The van der Waals surface area contributed by atoms with Crippen LogP contribution >= 0.6 is 0 Å². The number of rotatable bonds is 6. The van der Waals surface area contributed by atoms with Crippen LogP contribution in [-0.2, 0) is 18.4 Å². The molecule has 1 aliphatic carbocycles. The molecule has 162 valence electrons. The maximum absolute atomic E-state index is 11.6. The van der Waals surface area contributed by atoms with Crippen molar-refractivity contribution in [3.8, 4) is 0 Å². The van der Waals surface area contributed by atoms with Gasteiger partial charge in [-0.1, -0.05) is 19.3 Å². The number of nitrogens with one attached hydrogen (secondary N) is 3. The zero-order chi connectivity index (χ0) is 20.6. The van der Waals surface area contributed by atoms with E-state index in [1.54, 1.807) is 7.05 Å². The number of aliphatic imine (C=N–C) groups is 1. The van der Waals surface area contributed by atoms with Gasteiger partial charge in [-0.05, 0) is 32.6 Å². The Labute approximate surface area is 173 Å². The summed E-state index contributed by atoms with van der Waals surface area (Å²) >= 11 is 0. The van der Waals surface area contributed by atoms with Crippen molar-refractivity contribution in [1.29, 1.82) is 0 Å². The molecule has 9 nitrogen and oxygen atoms in total. The minimum absolute atomic E-state index is 0.0802. The van der Waals surface area contributed by atoms with E-state index in [1.807, 2.05) is 18.5 Å². The van der Waals surface area contributed by atoms with Crippen LogP contribution in [0.4, 0.5) is 0 Å². The fourth-order valence-electron chi connectivity index (χ4n) is 4.02. The van der Waals surface area contributed by atoms with Gasteiger partial charge >= 0.3 is 0 Å². The molecule has 9 heteroatoms. The van der Waals surface area contributed by atoms with E-state index in [1.165, 1.54) is 32.1 Å². The molecule has 0 aromatic carbocycles. The van der Waals surface area contributed by atoms with Crippen molar-refractivity contribution in [2.24, 2.45) is 12.0 Å². The molecule has 0 unspecified atom stereocenters. The molecule has 1 aliphatic heterocycles. The van der Waals surface area contributed by atoms with E-state index < -0.39 is 0 Å². The van der Waals surface area contributed by atoms with Crippen molar-refractivity contribution in [2.75, 3.05) is 26.7 Å². The Kier molecular flexibility index (Phi) is 7.85. The van der Waals surface area contributed by atoms with Crippen LogP contribution in [0, 0.1) is 6.92 Å². The highest BCUT2D eigenvalue weighted by atomic mass is 16.1. The minimum atomic E-state index is 0.0802. The predicted octanol–water partition coefficient (Wildman–Crippen LogP) is 0.702. The summed E-state index contributed by atoms with van der Waals surface area (Å²) in [5.41, 5.74) is 0. The zero-order valence-corrected chi connectivity index (χ0v) is 18.1. The Balaban J connectivity index is 1.58. The van der Waals surface area contributed by atoms with Crippen LogP contribution in [0.2, 0.25) is 0 Å². The van der Waals surface area contributed by atoms with E-state index in [2.05, 4.69) is 31.0 Å². The van der Waals surface area contributed by atoms with Crippen LogP contribution in [0.15, 0.2) is 4.99 Å². The monoisotopic (exact) mass is 404 g/mol. The number of piperidine rings is 1. The van der Waals surface area contributed by atoms with E-state index in [-0.39, 0.29) is 5.91 Å². The normalized spacial score (nSPS) is 19.9. The first-order valence-corrected chi connectivity index (χ1v) is 10.9. The van der Waals surface area contributed by atoms with Crippen LogP contribution in [0.3, 0.4) is 0 Å². The molecule has 1 saturated carbocycles. The van der Waals surface area contributed by atoms with E-state index in [0.717, 1.165) is 43.5 Å². The van der Waals surface area contributed by atoms with Gasteiger partial charge in [-0.3, -0.25) is 9.69 Å². The maximum atomic E-state index is 11.6. The first-order chi connectivity index (χ1) is 14.0. The molecular formula is C20H36N8O. The summed E-state index contributed by atoms with van der Waals surface area (Å²) in [6.07, 6.45) is 8.32. The van der Waals surface area contributed by atoms with E-state index in [0.29, 0.717) is 25.2 Å². The lowest BCUT2D eigenvalue weighted by molar-refractivity contribution is -0.122. The van der Waals surface area contributed by atoms with Gasteiger partial charge in [-0.25, -0.2) is 4.99 Å². The number of likely N-dealkylation sites (N-methyl/N-ethyl adjacent to an activating group) is 1. The Hall–Kier alpha value is -2.16. The molecule has 0 spiro atoms. The highest BCUT2D eigenvalue weighted by Gasteiger charge is 2.22. The van der Waals surface area contributed by atoms with Crippen LogP contribution in [0.25, 0.3) is 0 Å². The molecule has 2 fully saturated rings. The van der Waals surface area contributed by atoms with Gasteiger partial charge in [0.25, 0.3) is 0 Å². The molecule has 29 heavy (non-hydrogen) atoms. The number of carbonyl (C=O) groups is 1. The predicted molar refractivity (Wildman–Crippen MR) is 114 cm³/mol. The van der Waals surface area contributed by atoms with Crippen molar-refractivity contribution in [3.05, 3.63) is 11.6 Å². The average molecular weight is 405 g/mol. The summed E-state index contributed by atoms with van der Waals surface area (Å²) in [6, 6.07) is 0.858. The van der Waals surface area contributed by atoms with Crippen LogP contribution in [0.1, 0.15) is 56.6 Å². The van der Waals surface area contributed by atoms with Crippen molar-refractivity contribution in [1.82, 2.24) is 35.6 Å². The molecule has 3 N–H and O–H groups in total. The molecule has 1 aromatic rings. The second-order valence-corrected chi connectivity index (χ2v) is 8.23. The highest BCUT2D eigenvalue weighted by molar-refractivity contribution is 5.80. The lowest BCUT2D eigenvalue weighted by atomic mass is 9.95. The minimum Gasteiger partial charge on any atom is -0.358 e. The van der Waals surface area contributed by atoms with E-state index in [9.17, 15) is 4.79 Å². The first-order valence-electron chi connectivity index (χ1n) is 10.9. The number of guanidine groups is 1. The zero-order valence-electron chi connectivity index (χ0n) is 18.1. The average Bonchev–Trinajstić information content (AvgIpc) is 3.06. The van der Waals surface area contributed by atoms with E-state index in [4.69, 9.17) is 4.99 Å². The number of aryl methyl sites for hydroxylation is 1. The molecular weight excluding hydrogens is 368 g/mol. The third kappa shape index (κ3) is 6.42. The Bertz CT molecular complexity index is 687. The number of hydrogen-bond donors (Lipinski definition) is 3. The number of hydrogen-bond acceptors (Lipinski definition) is 5. The largest absolute Gasteiger partial charge is 0.358 e. The number of nitrogens with zero attached hydrogens (tertiary/aromatic N) is 5. The molecule has 1 saturated heterocycles. The van der Waals surface area contributed by atoms with Crippen molar-refractivity contribution < 1.29 is 4.79 Å². The second-order valence-electron chi connectivity index (χ2n) is 8.23. The van der Waals surface area contributed by atoms with Gasteiger partial charge in [0.05, 0.1) is 6.54 Å². The summed E-state index contributed by atoms with van der Waals surface area (Å²) < 4.78 is 1.99. The quantitative estimate of drug-likeness (QED) is 0.477. The fourth-order valence-corrected chi connectivity index (χ4v) is 4.02. The second kappa shape index (κ2) is 10.6. The van der Waals surface area contributed by atoms with Gasteiger partial charge in [-0.2, -0.15) is 0 Å². The fraction of sp³-hybridized carbons (Fsp3) is 0.800. The first kappa shape index (κ1) is 21.5. The van der Waals surface area contributed by atoms with Crippen LogP contribution < -0.4 is 16.0 Å². The van der Waals surface area contributed by atoms with Gasteiger partial charge in [0.15, 0.2) is 11.8 Å². The molecule has 0 bridgehead atoms. The van der Waals surface area contributed by atoms with Crippen LogP contribution in [0.5, 0.6) is 0 Å². The molecule has 2 heterocycles. The topological polar surface area (TPSA) is 99.5 Å². The van der Waals surface area contributed by atoms with Gasteiger partial charge in [0.2, 0.25) is 5.91 Å². The summed E-state index contributed by atoms with van der Waals surface area (Å²) in [5, 5.41) is 18.4. The van der Waals surface area contributed by atoms with Gasteiger partial charge in [0.1, 0.15) is 12.4 Å². The summed E-state index contributed by atoms with van der Waals surface area (Å²) in [6.45, 7) is 4.78. The standard InChI is InChI=1S/C20H36N8O/c1-15-25-26-18(27(15)3)13-22-20(23-16-7-5-4-6-8-16)24-17-9-11-28(12-10-17)14-19(29)21-2/h16-17H,4-14H2,1-3H3,(H,21,29)(H2,22,23,24). The summed E-state index contributed by atoms with van der Waals surface area (Å²) in [4.78, 5) is 18.6. The number of likely N-dealkylation sites (tertiary alicyclic amines) is 1. The van der Waals surface area contributed by atoms with Gasteiger partial charge < -0.3 is 20.5 Å². The molecule has 0 atom stereocenters. The number of carbonyl (C=O) groups excluding carboxylic acids is 1. The molecule has 1 amide bonds. The third-order valence-corrected chi connectivity index (χ3v) is 6.08. The van der Waals surface area contributed by atoms with Crippen molar-refractivity contribution >= 4 is 11.9 Å². The lowest BCUT2D eigenvalue weighted by Gasteiger charge is -2.33. The summed E-state index contributed by atoms with van der Waals surface area (Å²) in [7, 11) is 3.67. The Morgan fingerprint density at radius 1 is 1.07 bits per heavy atom. The lowest BCUT2D eigenvalue weighted by Crippen LogP contribution is -2.52. The number of aromatic nitrogens is 3.